The lowest BCUT2D eigenvalue weighted by molar-refractivity contribution is 0.101. The molecule has 3 nitrogen and oxygen atoms in total. The highest BCUT2D eigenvalue weighted by Gasteiger charge is 2.15. The van der Waals surface area contributed by atoms with Gasteiger partial charge in [-0.05, 0) is 6.07 Å². The Morgan fingerprint density at radius 1 is 1.64 bits per heavy atom. The van der Waals surface area contributed by atoms with Crippen molar-refractivity contribution in [3.63, 3.8) is 0 Å². The number of benzene rings is 1. The second kappa shape index (κ2) is 4.28. The van der Waals surface area contributed by atoms with Crippen LogP contribution >= 0.6 is 11.6 Å². The van der Waals surface area contributed by atoms with E-state index in [-0.39, 0.29) is 17.2 Å². The molecule has 0 atom stereocenters. The molecule has 0 heterocycles. The Labute approximate surface area is 85.1 Å². The van der Waals surface area contributed by atoms with Gasteiger partial charge in [-0.15, -0.1) is 11.6 Å². The summed E-state index contributed by atoms with van der Waals surface area (Å²) in [6.07, 6.45) is 0. The van der Waals surface area contributed by atoms with Crippen molar-refractivity contribution >= 4 is 17.4 Å². The van der Waals surface area contributed by atoms with Gasteiger partial charge in [0.05, 0.1) is 18.6 Å². The molecular weight excluding hydrogens is 211 g/mol. The van der Waals surface area contributed by atoms with Crippen molar-refractivity contribution < 1.29 is 19.0 Å². The van der Waals surface area contributed by atoms with E-state index in [1.54, 1.807) is 0 Å². The fourth-order valence-electron chi connectivity index (χ4n) is 1.00. The summed E-state index contributed by atoms with van der Waals surface area (Å²) >= 11 is 5.33. The molecule has 0 amide bonds. The molecule has 0 aromatic heterocycles. The number of carbonyl (C=O) groups excluding carboxylic acids is 1. The molecule has 0 unspecified atom stereocenters. The zero-order chi connectivity index (χ0) is 10.7. The summed E-state index contributed by atoms with van der Waals surface area (Å²) in [4.78, 5) is 11.2. The van der Waals surface area contributed by atoms with Crippen molar-refractivity contribution in [3.05, 3.63) is 23.5 Å². The Morgan fingerprint density at radius 3 is 2.79 bits per heavy atom. The molecule has 0 aliphatic carbocycles. The van der Waals surface area contributed by atoms with Gasteiger partial charge in [-0.2, -0.15) is 0 Å². The van der Waals surface area contributed by atoms with Crippen molar-refractivity contribution in [3.8, 4) is 11.5 Å². The monoisotopic (exact) mass is 218 g/mol. The number of hydrogen-bond donors (Lipinski definition) is 1. The highest BCUT2D eigenvalue weighted by atomic mass is 35.5. The summed E-state index contributed by atoms with van der Waals surface area (Å²) in [6, 6.07) is 1.94. The average molecular weight is 219 g/mol. The molecule has 0 bridgehead atoms. The van der Waals surface area contributed by atoms with Crippen molar-refractivity contribution in [1.29, 1.82) is 0 Å². The Bertz CT molecular complexity index is 365. The van der Waals surface area contributed by atoms with E-state index in [1.165, 1.54) is 7.11 Å². The Morgan fingerprint density at radius 2 is 2.29 bits per heavy atom. The van der Waals surface area contributed by atoms with Gasteiger partial charge in [-0.1, -0.05) is 0 Å². The lowest BCUT2D eigenvalue weighted by Crippen LogP contribution is -2.03. The number of Topliss-reactive ketones (excluding diaryl/α,β-unsaturated/α-hetero) is 1. The molecule has 76 valence electrons. The number of aromatic hydroxyl groups is 1. The van der Waals surface area contributed by atoms with Crippen LogP contribution in [0.3, 0.4) is 0 Å². The predicted octanol–water partition coefficient (Wildman–Crippen LogP) is 1.96. The molecular formula is C9H8ClFO3. The molecule has 14 heavy (non-hydrogen) atoms. The van der Waals surface area contributed by atoms with Crippen LogP contribution in [0, 0.1) is 5.82 Å². The molecule has 0 spiro atoms. The maximum atomic E-state index is 12.8. The number of methoxy groups -OCH3 is 1. The molecule has 0 aliphatic heterocycles. The number of phenolic OH excluding ortho intramolecular Hbond substituents is 1. The SMILES string of the molecule is COc1cc(F)c(O)cc1C(=O)CCl. The molecule has 0 fully saturated rings. The maximum absolute atomic E-state index is 12.8. The quantitative estimate of drug-likeness (QED) is 0.623. The molecule has 0 saturated heterocycles. The van der Waals surface area contributed by atoms with Gasteiger partial charge >= 0.3 is 0 Å². The summed E-state index contributed by atoms with van der Waals surface area (Å²) in [7, 11) is 1.30. The number of ketones is 1. The molecule has 1 aromatic rings. The van der Waals surface area contributed by atoms with Crippen LogP contribution in [0.4, 0.5) is 4.39 Å². The second-order valence-electron chi connectivity index (χ2n) is 2.56. The summed E-state index contributed by atoms with van der Waals surface area (Å²) in [5, 5.41) is 9.04. The van der Waals surface area contributed by atoms with Crippen LogP contribution in [0.2, 0.25) is 0 Å². The molecule has 1 rings (SSSR count). The number of hydrogen-bond acceptors (Lipinski definition) is 3. The Balaban J connectivity index is 3.27. The number of ether oxygens (including phenoxy) is 1. The third-order valence-corrected chi connectivity index (χ3v) is 1.93. The Kier molecular flexibility index (Phi) is 3.30. The standard InChI is InChI=1S/C9H8ClFO3/c1-14-9-3-6(11)7(12)2-5(9)8(13)4-10/h2-3,12H,4H2,1H3. The van der Waals surface area contributed by atoms with Crippen molar-refractivity contribution in [2.75, 3.05) is 13.0 Å². The predicted molar refractivity (Wildman–Crippen MR) is 49.7 cm³/mol. The summed E-state index contributed by atoms with van der Waals surface area (Å²) in [6.45, 7) is 0. The van der Waals surface area contributed by atoms with E-state index in [9.17, 15) is 9.18 Å². The topological polar surface area (TPSA) is 46.5 Å². The number of phenols is 1. The van der Waals surface area contributed by atoms with Crippen molar-refractivity contribution in [2.24, 2.45) is 0 Å². The van der Waals surface area contributed by atoms with Crippen molar-refractivity contribution in [1.82, 2.24) is 0 Å². The zero-order valence-corrected chi connectivity index (χ0v) is 8.14. The van der Waals surface area contributed by atoms with Crippen LogP contribution < -0.4 is 4.74 Å². The van der Waals surface area contributed by atoms with Crippen LogP contribution in [0.25, 0.3) is 0 Å². The minimum Gasteiger partial charge on any atom is -0.505 e. The number of halogens is 2. The van der Waals surface area contributed by atoms with Crippen LogP contribution in [0.15, 0.2) is 12.1 Å². The van der Waals surface area contributed by atoms with Crippen LogP contribution in [-0.2, 0) is 0 Å². The largest absolute Gasteiger partial charge is 0.505 e. The van der Waals surface area contributed by atoms with Crippen molar-refractivity contribution in [2.45, 2.75) is 0 Å². The molecule has 1 aromatic carbocycles. The summed E-state index contributed by atoms with van der Waals surface area (Å²) < 4.78 is 17.6. The molecule has 1 N–H and O–H groups in total. The first-order valence-electron chi connectivity index (χ1n) is 3.75. The molecule has 0 radical (unpaired) electrons. The van der Waals surface area contributed by atoms with E-state index in [1.807, 2.05) is 0 Å². The van der Waals surface area contributed by atoms with E-state index < -0.39 is 17.3 Å². The highest BCUT2D eigenvalue weighted by Crippen LogP contribution is 2.27. The van der Waals surface area contributed by atoms with Crippen LogP contribution in [0.5, 0.6) is 11.5 Å². The molecule has 5 heteroatoms. The second-order valence-corrected chi connectivity index (χ2v) is 2.83. The minimum absolute atomic E-state index is 0.0611. The maximum Gasteiger partial charge on any atom is 0.181 e. The van der Waals surface area contributed by atoms with Gasteiger partial charge in [0.1, 0.15) is 5.75 Å². The van der Waals surface area contributed by atoms with E-state index in [0.29, 0.717) is 0 Å². The lowest BCUT2D eigenvalue weighted by Gasteiger charge is -2.07. The number of carbonyl (C=O) groups is 1. The van der Waals surface area contributed by atoms with E-state index in [0.717, 1.165) is 12.1 Å². The van der Waals surface area contributed by atoms with Crippen LogP contribution in [-0.4, -0.2) is 23.9 Å². The molecule has 0 saturated carbocycles. The van der Waals surface area contributed by atoms with Gasteiger partial charge in [0.15, 0.2) is 17.3 Å². The van der Waals surface area contributed by atoms with Gasteiger partial charge in [-0.25, -0.2) is 4.39 Å². The fourth-order valence-corrected chi connectivity index (χ4v) is 1.15. The van der Waals surface area contributed by atoms with Gasteiger partial charge in [0.2, 0.25) is 0 Å². The first kappa shape index (κ1) is 10.8. The van der Waals surface area contributed by atoms with E-state index in [2.05, 4.69) is 0 Å². The first-order valence-corrected chi connectivity index (χ1v) is 4.29. The van der Waals surface area contributed by atoms with Gasteiger partial charge in [-0.3, -0.25) is 4.79 Å². The lowest BCUT2D eigenvalue weighted by atomic mass is 10.1. The average Bonchev–Trinajstić information content (AvgIpc) is 2.20. The third-order valence-electron chi connectivity index (χ3n) is 1.69. The normalized spacial score (nSPS) is 9.93. The van der Waals surface area contributed by atoms with E-state index in [4.69, 9.17) is 21.4 Å². The smallest absolute Gasteiger partial charge is 0.181 e. The van der Waals surface area contributed by atoms with E-state index >= 15 is 0 Å². The van der Waals surface area contributed by atoms with Crippen LogP contribution in [0.1, 0.15) is 10.4 Å². The van der Waals surface area contributed by atoms with Gasteiger partial charge in [0.25, 0.3) is 0 Å². The zero-order valence-electron chi connectivity index (χ0n) is 7.38. The fraction of sp³-hybridized carbons (Fsp3) is 0.222. The number of alkyl halides is 1. The Hall–Kier alpha value is -1.29. The number of rotatable bonds is 3. The highest BCUT2D eigenvalue weighted by molar-refractivity contribution is 6.30. The van der Waals surface area contributed by atoms with Gasteiger partial charge < -0.3 is 9.84 Å². The summed E-state index contributed by atoms with van der Waals surface area (Å²) in [5.41, 5.74) is 0.0707. The first-order chi connectivity index (χ1) is 6.60. The minimum atomic E-state index is -0.840. The van der Waals surface area contributed by atoms with Gasteiger partial charge in [0, 0.05) is 6.07 Å². The molecule has 0 aliphatic rings. The summed E-state index contributed by atoms with van der Waals surface area (Å²) in [5.74, 6) is -2.06. The third kappa shape index (κ3) is 1.96.